The number of unbranched alkanes of at least 4 members (excludes halogenated alkanes) is 1. The normalized spacial score (nSPS) is 20.6. The molecule has 5 heteroatoms. The number of pyridine rings is 1. The fourth-order valence-electron chi connectivity index (χ4n) is 2.11. The quantitative estimate of drug-likeness (QED) is 0.295. The van der Waals surface area contributed by atoms with E-state index in [1.165, 1.54) is 0 Å². The number of alkyl halides is 2. The number of hydrogen-bond acceptors (Lipinski definition) is 4. The number of nitrogens with zero attached hydrogens (tertiary/aromatic N) is 1. The summed E-state index contributed by atoms with van der Waals surface area (Å²) in [5.74, 6) is 6.97. The molecule has 0 radical (unpaired) electrons. The Labute approximate surface area is 140 Å². The van der Waals surface area contributed by atoms with Crippen molar-refractivity contribution in [2.45, 2.75) is 37.9 Å². The summed E-state index contributed by atoms with van der Waals surface area (Å²) < 4.78 is 16.7. The van der Waals surface area contributed by atoms with Gasteiger partial charge in [-0.15, -0.1) is 0 Å². The molecule has 1 fully saturated rings. The summed E-state index contributed by atoms with van der Waals surface area (Å²) in [7, 11) is 1.70. The Bertz CT molecular complexity index is 501. The summed E-state index contributed by atoms with van der Waals surface area (Å²) in [6, 6.07) is 3.85. The van der Waals surface area contributed by atoms with Crippen LogP contribution >= 0.6 is 20.2 Å². The average molecular weight is 417 g/mol. The summed E-state index contributed by atoms with van der Waals surface area (Å²) in [5, 5.41) is 0. The minimum absolute atomic E-state index is 0.272. The van der Waals surface area contributed by atoms with E-state index < -0.39 is 20.2 Å². The molecule has 1 aliphatic rings. The zero-order valence-corrected chi connectivity index (χ0v) is 15.6. The Hall–Kier alpha value is -0.840. The van der Waals surface area contributed by atoms with Gasteiger partial charge in [-0.05, 0) is 6.42 Å². The Morgan fingerprint density at radius 3 is 2.73 bits per heavy atom. The van der Waals surface area contributed by atoms with Crippen LogP contribution in [0, 0.1) is 11.8 Å². The van der Waals surface area contributed by atoms with Crippen LogP contribution in [0.5, 0.6) is 5.75 Å². The molecule has 22 heavy (non-hydrogen) atoms. The van der Waals surface area contributed by atoms with E-state index in [0.29, 0.717) is 6.10 Å². The molecule has 0 amide bonds. The molecule has 1 aromatic heterocycles. The minimum atomic E-state index is -1.08. The Kier molecular flexibility index (Phi) is 7.43. The molecule has 0 atom stereocenters. The fraction of sp³-hybridized carbons (Fsp3) is 0.588. The first-order valence-corrected chi connectivity index (χ1v) is 12.6. The monoisotopic (exact) mass is 417 g/mol. The van der Waals surface area contributed by atoms with Crippen LogP contribution in [0.2, 0.25) is 0 Å². The van der Waals surface area contributed by atoms with Gasteiger partial charge in [0.25, 0.3) is 0 Å². The van der Waals surface area contributed by atoms with Gasteiger partial charge in [-0.2, -0.15) is 0 Å². The molecular weight excluding hydrogens is 393 g/mol. The van der Waals surface area contributed by atoms with Crippen molar-refractivity contribution >= 4 is 20.2 Å². The van der Waals surface area contributed by atoms with Gasteiger partial charge in [0.1, 0.15) is 0 Å². The van der Waals surface area contributed by atoms with E-state index in [2.05, 4.69) is 26.7 Å². The zero-order valence-electron chi connectivity index (χ0n) is 13.5. The van der Waals surface area contributed by atoms with Gasteiger partial charge in [0.2, 0.25) is 0 Å². The van der Waals surface area contributed by atoms with Gasteiger partial charge >= 0.3 is 116 Å². The molecule has 1 saturated carbocycles. The van der Waals surface area contributed by atoms with E-state index in [0.717, 1.165) is 43.7 Å². The Morgan fingerprint density at radius 1 is 1.27 bits per heavy atom. The summed E-state index contributed by atoms with van der Waals surface area (Å²) >= 11 is -1.08. The van der Waals surface area contributed by atoms with Crippen molar-refractivity contribution in [3.05, 3.63) is 24.0 Å². The van der Waals surface area contributed by atoms with Crippen LogP contribution in [0.3, 0.4) is 0 Å². The number of aromatic nitrogens is 1. The van der Waals surface area contributed by atoms with Gasteiger partial charge in [-0.1, -0.05) is 0 Å². The summed E-state index contributed by atoms with van der Waals surface area (Å²) in [6.07, 6.45) is 6.22. The van der Waals surface area contributed by atoms with Crippen molar-refractivity contribution in [2.24, 2.45) is 0 Å². The third-order valence-electron chi connectivity index (χ3n) is 3.26. The number of rotatable bonds is 7. The predicted molar refractivity (Wildman–Crippen MR) is 96.6 cm³/mol. The van der Waals surface area contributed by atoms with Gasteiger partial charge in [-0.3, -0.25) is 0 Å². The SMILES string of the molecule is COCCCC#Cc1ccc(OC2CC(OI(C)C)C2)cn1. The van der Waals surface area contributed by atoms with Crippen molar-refractivity contribution in [3.8, 4) is 17.6 Å². The number of ether oxygens (including phenoxy) is 2. The fourth-order valence-corrected chi connectivity index (χ4v) is 3.97. The third-order valence-corrected chi connectivity index (χ3v) is 5.00. The Morgan fingerprint density at radius 2 is 2.09 bits per heavy atom. The Balaban J connectivity index is 1.71. The van der Waals surface area contributed by atoms with Crippen molar-refractivity contribution in [3.63, 3.8) is 0 Å². The van der Waals surface area contributed by atoms with Crippen LogP contribution in [-0.2, 0) is 7.80 Å². The molecular formula is C17H24INO3. The second-order valence-corrected chi connectivity index (χ2v) is 9.81. The predicted octanol–water partition coefficient (Wildman–Crippen LogP) is 3.47. The van der Waals surface area contributed by atoms with E-state index >= 15 is 0 Å². The molecule has 0 N–H and O–H groups in total. The maximum absolute atomic E-state index is 5.88. The van der Waals surface area contributed by atoms with E-state index in [9.17, 15) is 0 Å². The maximum atomic E-state index is 5.88. The molecule has 0 aromatic carbocycles. The first kappa shape index (κ1) is 17.5. The van der Waals surface area contributed by atoms with E-state index in [1.807, 2.05) is 12.1 Å². The van der Waals surface area contributed by atoms with Gasteiger partial charge in [0.05, 0.1) is 0 Å². The summed E-state index contributed by atoms with van der Waals surface area (Å²) in [6.45, 7) is 0.751. The zero-order chi connectivity index (χ0) is 15.8. The second-order valence-electron chi connectivity index (χ2n) is 5.39. The molecule has 0 saturated heterocycles. The molecule has 1 heterocycles. The van der Waals surface area contributed by atoms with Crippen molar-refractivity contribution in [2.75, 3.05) is 23.6 Å². The topological polar surface area (TPSA) is 40.6 Å². The van der Waals surface area contributed by atoms with Crippen LogP contribution in [0.25, 0.3) is 0 Å². The summed E-state index contributed by atoms with van der Waals surface area (Å²) in [4.78, 5) is 8.76. The first-order chi connectivity index (χ1) is 10.7. The van der Waals surface area contributed by atoms with E-state index in [-0.39, 0.29) is 6.10 Å². The van der Waals surface area contributed by atoms with Crippen LogP contribution < -0.4 is 4.74 Å². The van der Waals surface area contributed by atoms with Crippen molar-refractivity contribution in [1.82, 2.24) is 4.98 Å². The van der Waals surface area contributed by atoms with Crippen molar-refractivity contribution in [1.29, 1.82) is 0 Å². The molecule has 4 nitrogen and oxygen atoms in total. The average Bonchev–Trinajstić information content (AvgIpc) is 2.46. The molecule has 0 unspecified atom stereocenters. The van der Waals surface area contributed by atoms with Gasteiger partial charge in [-0.25, -0.2) is 0 Å². The first-order valence-electron chi connectivity index (χ1n) is 7.45. The number of hydrogen-bond donors (Lipinski definition) is 0. The standard InChI is InChI=1S/C17H24INO3/c1-18(2)22-17-11-16(12-17)21-15-9-8-14(19-13-15)7-5-4-6-10-20-3/h8-9,13,16-17H,4,6,10-12H2,1-3H3. The van der Waals surface area contributed by atoms with E-state index in [1.54, 1.807) is 13.3 Å². The van der Waals surface area contributed by atoms with Gasteiger partial charge < -0.3 is 4.74 Å². The van der Waals surface area contributed by atoms with Crippen LogP contribution in [0.1, 0.15) is 31.4 Å². The third kappa shape index (κ3) is 6.11. The van der Waals surface area contributed by atoms with Gasteiger partial charge in [0, 0.05) is 13.7 Å². The molecule has 0 aliphatic heterocycles. The van der Waals surface area contributed by atoms with Crippen LogP contribution in [-0.4, -0.2) is 40.8 Å². The van der Waals surface area contributed by atoms with Crippen LogP contribution in [0.15, 0.2) is 18.3 Å². The van der Waals surface area contributed by atoms with Crippen LogP contribution in [0.4, 0.5) is 0 Å². The second kappa shape index (κ2) is 9.33. The number of halogens is 1. The number of methoxy groups -OCH3 is 1. The molecule has 0 spiro atoms. The van der Waals surface area contributed by atoms with Gasteiger partial charge in [0.15, 0.2) is 0 Å². The summed E-state index contributed by atoms with van der Waals surface area (Å²) in [5.41, 5.74) is 0.783. The van der Waals surface area contributed by atoms with Crippen molar-refractivity contribution < 1.29 is 12.5 Å². The molecule has 2 rings (SSSR count). The molecule has 122 valence electrons. The molecule has 1 aliphatic carbocycles. The van der Waals surface area contributed by atoms with E-state index in [4.69, 9.17) is 12.5 Å². The molecule has 0 bridgehead atoms. The molecule has 1 aromatic rings.